The summed E-state index contributed by atoms with van der Waals surface area (Å²) in [6, 6.07) is 0. The summed E-state index contributed by atoms with van der Waals surface area (Å²) in [6.07, 6.45) is 5.81. The molecule has 1 aromatic heterocycles. The minimum absolute atomic E-state index is 0.138. The lowest BCUT2D eigenvalue weighted by Gasteiger charge is -2.20. The summed E-state index contributed by atoms with van der Waals surface area (Å²) in [6.45, 7) is 3.78. The van der Waals surface area contributed by atoms with Crippen molar-refractivity contribution >= 4 is 28.5 Å². The SMILES string of the molecule is CCCCN(CCO)c1ncc(I)cn1. The minimum atomic E-state index is 0.138. The number of aromatic nitrogens is 2. The Hall–Kier alpha value is -0.430. The molecule has 0 aliphatic carbocycles. The van der Waals surface area contributed by atoms with Gasteiger partial charge in [-0.15, -0.1) is 0 Å². The third-order valence-electron chi connectivity index (χ3n) is 2.04. The molecule has 0 spiro atoms. The highest BCUT2D eigenvalue weighted by atomic mass is 127. The molecule has 84 valence electrons. The first-order valence-electron chi connectivity index (χ1n) is 5.11. The van der Waals surface area contributed by atoms with Gasteiger partial charge in [-0.1, -0.05) is 13.3 Å². The van der Waals surface area contributed by atoms with Crippen LogP contribution in [0.25, 0.3) is 0 Å². The van der Waals surface area contributed by atoms with Gasteiger partial charge in [0.15, 0.2) is 0 Å². The molecule has 0 fully saturated rings. The average Bonchev–Trinajstić information content (AvgIpc) is 2.25. The Kier molecular flexibility index (Phi) is 5.85. The van der Waals surface area contributed by atoms with Gasteiger partial charge in [0, 0.05) is 29.1 Å². The van der Waals surface area contributed by atoms with Crippen LogP contribution in [0.4, 0.5) is 5.95 Å². The second-order valence-corrected chi connectivity index (χ2v) is 4.51. The molecule has 0 aliphatic heterocycles. The van der Waals surface area contributed by atoms with Crippen molar-refractivity contribution in [2.45, 2.75) is 19.8 Å². The van der Waals surface area contributed by atoms with E-state index in [1.54, 1.807) is 12.4 Å². The summed E-state index contributed by atoms with van der Waals surface area (Å²) in [5.74, 6) is 0.706. The Morgan fingerprint density at radius 1 is 1.33 bits per heavy atom. The molecular weight excluding hydrogens is 305 g/mol. The van der Waals surface area contributed by atoms with Gasteiger partial charge >= 0.3 is 0 Å². The molecule has 1 rings (SSSR count). The fourth-order valence-electron chi connectivity index (χ4n) is 1.25. The van der Waals surface area contributed by atoms with Crippen LogP contribution < -0.4 is 4.90 Å². The molecule has 5 heteroatoms. The van der Waals surface area contributed by atoms with Gasteiger partial charge in [0.2, 0.25) is 5.95 Å². The third-order valence-corrected chi connectivity index (χ3v) is 2.60. The highest BCUT2D eigenvalue weighted by molar-refractivity contribution is 14.1. The molecule has 1 heterocycles. The van der Waals surface area contributed by atoms with E-state index in [2.05, 4.69) is 39.5 Å². The van der Waals surface area contributed by atoms with Crippen LogP contribution in [-0.2, 0) is 0 Å². The number of unbranched alkanes of at least 4 members (excludes halogenated alkanes) is 1. The summed E-state index contributed by atoms with van der Waals surface area (Å²) in [5.41, 5.74) is 0. The van der Waals surface area contributed by atoms with Crippen molar-refractivity contribution in [2.75, 3.05) is 24.6 Å². The highest BCUT2D eigenvalue weighted by Gasteiger charge is 2.07. The molecule has 0 bridgehead atoms. The molecular formula is C10H16IN3O. The standard InChI is InChI=1S/C10H16IN3O/c1-2-3-4-14(5-6-15)10-12-7-9(11)8-13-10/h7-8,15H,2-6H2,1H3. The van der Waals surface area contributed by atoms with Crippen LogP contribution in [0.1, 0.15) is 19.8 Å². The number of hydrogen-bond donors (Lipinski definition) is 1. The topological polar surface area (TPSA) is 49.2 Å². The van der Waals surface area contributed by atoms with Crippen molar-refractivity contribution < 1.29 is 5.11 Å². The van der Waals surface area contributed by atoms with E-state index in [1.807, 2.05) is 4.90 Å². The first kappa shape index (κ1) is 12.6. The number of hydrogen-bond acceptors (Lipinski definition) is 4. The lowest BCUT2D eigenvalue weighted by molar-refractivity contribution is 0.301. The van der Waals surface area contributed by atoms with Crippen LogP contribution in [0.3, 0.4) is 0 Å². The van der Waals surface area contributed by atoms with Crippen molar-refractivity contribution in [1.29, 1.82) is 0 Å². The Morgan fingerprint density at radius 3 is 2.53 bits per heavy atom. The van der Waals surface area contributed by atoms with Gasteiger partial charge in [-0.25, -0.2) is 9.97 Å². The van der Waals surface area contributed by atoms with E-state index in [9.17, 15) is 0 Å². The second kappa shape index (κ2) is 6.95. The maximum absolute atomic E-state index is 8.95. The van der Waals surface area contributed by atoms with Crippen molar-refractivity contribution in [2.24, 2.45) is 0 Å². The molecule has 0 aromatic carbocycles. The monoisotopic (exact) mass is 321 g/mol. The second-order valence-electron chi connectivity index (χ2n) is 3.27. The van der Waals surface area contributed by atoms with Crippen molar-refractivity contribution in [3.8, 4) is 0 Å². The van der Waals surface area contributed by atoms with E-state index in [1.165, 1.54) is 0 Å². The molecule has 0 aliphatic rings. The van der Waals surface area contributed by atoms with Crippen molar-refractivity contribution in [3.05, 3.63) is 16.0 Å². The van der Waals surface area contributed by atoms with Crippen LogP contribution in [-0.4, -0.2) is 34.8 Å². The first-order valence-corrected chi connectivity index (χ1v) is 6.19. The van der Waals surface area contributed by atoms with E-state index in [-0.39, 0.29) is 6.61 Å². The number of anilines is 1. The molecule has 15 heavy (non-hydrogen) atoms. The largest absolute Gasteiger partial charge is 0.395 e. The van der Waals surface area contributed by atoms with E-state index in [4.69, 9.17) is 5.11 Å². The molecule has 1 aromatic rings. The maximum Gasteiger partial charge on any atom is 0.225 e. The zero-order valence-corrected chi connectivity index (χ0v) is 11.0. The Labute approximate surface area is 104 Å². The summed E-state index contributed by atoms with van der Waals surface area (Å²) in [7, 11) is 0. The summed E-state index contributed by atoms with van der Waals surface area (Å²) in [5, 5.41) is 8.95. The van der Waals surface area contributed by atoms with Gasteiger partial charge in [0.1, 0.15) is 0 Å². The van der Waals surface area contributed by atoms with Crippen LogP contribution in [0, 0.1) is 3.57 Å². The zero-order chi connectivity index (χ0) is 11.1. The van der Waals surface area contributed by atoms with Crippen LogP contribution in [0.5, 0.6) is 0 Å². The molecule has 0 atom stereocenters. The van der Waals surface area contributed by atoms with Gasteiger partial charge in [-0.05, 0) is 29.0 Å². The van der Waals surface area contributed by atoms with Crippen LogP contribution in [0.2, 0.25) is 0 Å². The minimum Gasteiger partial charge on any atom is -0.395 e. The zero-order valence-electron chi connectivity index (χ0n) is 8.86. The van der Waals surface area contributed by atoms with Crippen molar-refractivity contribution in [3.63, 3.8) is 0 Å². The van der Waals surface area contributed by atoms with E-state index in [0.29, 0.717) is 12.5 Å². The van der Waals surface area contributed by atoms with Gasteiger partial charge < -0.3 is 10.0 Å². The van der Waals surface area contributed by atoms with E-state index >= 15 is 0 Å². The average molecular weight is 321 g/mol. The van der Waals surface area contributed by atoms with Crippen LogP contribution in [0.15, 0.2) is 12.4 Å². The molecule has 0 unspecified atom stereocenters. The number of aliphatic hydroxyl groups excluding tert-OH is 1. The fourth-order valence-corrected chi connectivity index (χ4v) is 1.53. The van der Waals surface area contributed by atoms with E-state index in [0.717, 1.165) is 23.0 Å². The number of halogens is 1. The predicted octanol–water partition coefficient (Wildman–Crippen LogP) is 1.68. The maximum atomic E-state index is 8.95. The summed E-state index contributed by atoms with van der Waals surface area (Å²) >= 11 is 2.18. The lowest BCUT2D eigenvalue weighted by atomic mass is 10.3. The van der Waals surface area contributed by atoms with Gasteiger partial charge in [0.25, 0.3) is 0 Å². The smallest absolute Gasteiger partial charge is 0.225 e. The van der Waals surface area contributed by atoms with Gasteiger partial charge in [-0.3, -0.25) is 0 Å². The number of nitrogens with zero attached hydrogens (tertiary/aromatic N) is 3. The first-order chi connectivity index (χ1) is 7.27. The lowest BCUT2D eigenvalue weighted by Crippen LogP contribution is -2.29. The van der Waals surface area contributed by atoms with Crippen molar-refractivity contribution in [1.82, 2.24) is 9.97 Å². The predicted molar refractivity (Wildman–Crippen MR) is 69.0 cm³/mol. The summed E-state index contributed by atoms with van der Waals surface area (Å²) in [4.78, 5) is 10.5. The normalized spacial score (nSPS) is 10.3. The molecule has 0 amide bonds. The van der Waals surface area contributed by atoms with Gasteiger partial charge in [0.05, 0.1) is 6.61 Å². The number of aliphatic hydroxyl groups is 1. The van der Waals surface area contributed by atoms with Crippen LogP contribution >= 0.6 is 22.6 Å². The molecule has 0 saturated heterocycles. The quantitative estimate of drug-likeness (QED) is 0.810. The third kappa shape index (κ3) is 4.29. The summed E-state index contributed by atoms with van der Waals surface area (Å²) < 4.78 is 1.02. The fraction of sp³-hybridized carbons (Fsp3) is 0.600. The Balaban J connectivity index is 2.65. The highest BCUT2D eigenvalue weighted by Crippen LogP contribution is 2.09. The van der Waals surface area contributed by atoms with Gasteiger partial charge in [-0.2, -0.15) is 0 Å². The molecule has 0 radical (unpaired) electrons. The Morgan fingerprint density at radius 2 is 2.00 bits per heavy atom. The van der Waals surface area contributed by atoms with E-state index < -0.39 is 0 Å². The molecule has 4 nitrogen and oxygen atoms in total. The molecule has 1 N–H and O–H groups in total. The molecule has 0 saturated carbocycles. The number of rotatable bonds is 6. The Bertz CT molecular complexity index is 279.